The summed E-state index contributed by atoms with van der Waals surface area (Å²) in [5.41, 5.74) is 3.00. The standard InChI is InChI=1S/C17H19N5OS/c1-17(2,3)14-8-13(22(4)21-14)15(23)20-16-19-12(10-24-16)11-6-5-7-18-9-11/h5-10H,1-4H3,(H,19,20,23). The van der Waals surface area contributed by atoms with E-state index < -0.39 is 0 Å². The van der Waals surface area contributed by atoms with Crippen molar-refractivity contribution in [2.45, 2.75) is 26.2 Å². The summed E-state index contributed by atoms with van der Waals surface area (Å²) in [6.07, 6.45) is 3.46. The van der Waals surface area contributed by atoms with Crippen molar-refractivity contribution in [3.05, 3.63) is 47.4 Å². The molecule has 0 spiro atoms. The lowest BCUT2D eigenvalue weighted by atomic mass is 9.92. The molecule has 3 heterocycles. The molecule has 1 N–H and O–H groups in total. The molecule has 0 saturated carbocycles. The number of pyridine rings is 1. The summed E-state index contributed by atoms with van der Waals surface area (Å²) in [6.45, 7) is 6.20. The summed E-state index contributed by atoms with van der Waals surface area (Å²) in [5, 5.41) is 9.72. The SMILES string of the molecule is Cn1nc(C(C)(C)C)cc1C(=O)Nc1nc(-c2cccnc2)cs1. The summed E-state index contributed by atoms with van der Waals surface area (Å²) in [6, 6.07) is 5.62. The number of carbonyl (C=O) groups excluding carboxylic acids is 1. The highest BCUT2D eigenvalue weighted by atomic mass is 32.1. The van der Waals surface area contributed by atoms with Crippen molar-refractivity contribution in [2.75, 3.05) is 5.32 Å². The molecule has 0 aliphatic carbocycles. The van der Waals surface area contributed by atoms with Crippen LogP contribution in [0.2, 0.25) is 0 Å². The number of aromatic nitrogens is 4. The zero-order valence-corrected chi connectivity index (χ0v) is 14.9. The molecule has 124 valence electrons. The first-order valence-corrected chi connectivity index (χ1v) is 8.44. The lowest BCUT2D eigenvalue weighted by molar-refractivity contribution is 0.101. The smallest absolute Gasteiger partial charge is 0.275 e. The lowest BCUT2D eigenvalue weighted by Crippen LogP contribution is -2.15. The first kappa shape index (κ1) is 16.3. The fraction of sp³-hybridized carbons (Fsp3) is 0.294. The minimum absolute atomic E-state index is 0.106. The van der Waals surface area contributed by atoms with Gasteiger partial charge in [-0.3, -0.25) is 19.8 Å². The zero-order valence-electron chi connectivity index (χ0n) is 14.1. The van der Waals surface area contributed by atoms with Gasteiger partial charge in [-0.05, 0) is 18.2 Å². The maximum atomic E-state index is 12.5. The van der Waals surface area contributed by atoms with Gasteiger partial charge in [0.15, 0.2) is 5.13 Å². The van der Waals surface area contributed by atoms with Gasteiger partial charge in [-0.15, -0.1) is 11.3 Å². The molecule has 3 aromatic heterocycles. The topological polar surface area (TPSA) is 72.7 Å². The number of hydrogen-bond acceptors (Lipinski definition) is 5. The second kappa shape index (κ2) is 6.16. The number of thiazole rings is 1. The molecule has 3 rings (SSSR count). The van der Waals surface area contributed by atoms with Crippen LogP contribution in [-0.4, -0.2) is 25.7 Å². The van der Waals surface area contributed by atoms with E-state index in [1.165, 1.54) is 11.3 Å². The van der Waals surface area contributed by atoms with E-state index in [0.717, 1.165) is 17.0 Å². The largest absolute Gasteiger partial charge is 0.296 e. The quantitative estimate of drug-likeness (QED) is 0.791. The van der Waals surface area contributed by atoms with Crippen LogP contribution in [0, 0.1) is 0 Å². The fourth-order valence-corrected chi connectivity index (χ4v) is 2.90. The fourth-order valence-electron chi connectivity index (χ4n) is 2.19. The van der Waals surface area contributed by atoms with Gasteiger partial charge in [0.2, 0.25) is 0 Å². The molecule has 0 radical (unpaired) electrons. The molecule has 0 unspecified atom stereocenters. The first-order chi connectivity index (χ1) is 11.3. The first-order valence-electron chi connectivity index (χ1n) is 7.56. The van der Waals surface area contributed by atoms with E-state index in [1.807, 2.05) is 23.6 Å². The van der Waals surface area contributed by atoms with Crippen LogP contribution in [0.4, 0.5) is 5.13 Å². The van der Waals surface area contributed by atoms with Gasteiger partial charge in [0.25, 0.3) is 5.91 Å². The van der Waals surface area contributed by atoms with E-state index >= 15 is 0 Å². The highest BCUT2D eigenvalue weighted by molar-refractivity contribution is 7.14. The third kappa shape index (κ3) is 3.35. The molecular weight excluding hydrogens is 322 g/mol. The van der Waals surface area contributed by atoms with E-state index in [9.17, 15) is 4.79 Å². The Morgan fingerprint density at radius 1 is 1.33 bits per heavy atom. The van der Waals surface area contributed by atoms with Crippen molar-refractivity contribution < 1.29 is 4.79 Å². The summed E-state index contributed by atoms with van der Waals surface area (Å²) in [4.78, 5) is 21.0. The molecule has 0 fully saturated rings. The van der Waals surface area contributed by atoms with Crippen molar-refractivity contribution >= 4 is 22.4 Å². The number of anilines is 1. The summed E-state index contributed by atoms with van der Waals surface area (Å²) in [7, 11) is 1.77. The van der Waals surface area contributed by atoms with Gasteiger partial charge in [0, 0.05) is 35.8 Å². The van der Waals surface area contributed by atoms with Crippen molar-refractivity contribution in [1.29, 1.82) is 0 Å². The van der Waals surface area contributed by atoms with E-state index in [1.54, 1.807) is 24.1 Å². The van der Waals surface area contributed by atoms with Crippen LogP contribution in [-0.2, 0) is 12.5 Å². The van der Waals surface area contributed by atoms with Gasteiger partial charge in [-0.1, -0.05) is 20.8 Å². The monoisotopic (exact) mass is 341 g/mol. The number of carbonyl (C=O) groups is 1. The summed E-state index contributed by atoms with van der Waals surface area (Å²) >= 11 is 1.39. The van der Waals surface area contributed by atoms with E-state index in [0.29, 0.717) is 10.8 Å². The van der Waals surface area contributed by atoms with Crippen molar-refractivity contribution in [3.63, 3.8) is 0 Å². The van der Waals surface area contributed by atoms with Crippen LogP contribution in [0.15, 0.2) is 36.0 Å². The molecule has 0 aliphatic rings. The maximum absolute atomic E-state index is 12.5. The number of rotatable bonds is 3. The van der Waals surface area contributed by atoms with Crippen LogP contribution in [0.1, 0.15) is 37.0 Å². The van der Waals surface area contributed by atoms with E-state index in [2.05, 4.69) is 41.2 Å². The van der Waals surface area contributed by atoms with Crippen molar-refractivity contribution in [2.24, 2.45) is 7.05 Å². The van der Waals surface area contributed by atoms with Crippen molar-refractivity contribution in [3.8, 4) is 11.3 Å². The van der Waals surface area contributed by atoms with Gasteiger partial charge in [-0.2, -0.15) is 5.10 Å². The van der Waals surface area contributed by atoms with Crippen LogP contribution >= 0.6 is 11.3 Å². The number of nitrogens with one attached hydrogen (secondary N) is 1. The van der Waals surface area contributed by atoms with Gasteiger partial charge in [-0.25, -0.2) is 4.98 Å². The average molecular weight is 341 g/mol. The molecule has 7 heteroatoms. The minimum atomic E-state index is -0.215. The zero-order chi connectivity index (χ0) is 17.3. The van der Waals surface area contributed by atoms with Crippen LogP contribution in [0.5, 0.6) is 0 Å². The van der Waals surface area contributed by atoms with Crippen LogP contribution in [0.3, 0.4) is 0 Å². The van der Waals surface area contributed by atoms with Gasteiger partial charge in [0.1, 0.15) is 5.69 Å². The minimum Gasteiger partial charge on any atom is -0.296 e. The molecule has 24 heavy (non-hydrogen) atoms. The Morgan fingerprint density at radius 3 is 2.75 bits per heavy atom. The number of aryl methyl sites for hydroxylation is 1. The Hall–Kier alpha value is -2.54. The Balaban J connectivity index is 1.79. The van der Waals surface area contributed by atoms with E-state index in [4.69, 9.17) is 0 Å². The number of amides is 1. The predicted octanol–water partition coefficient (Wildman–Crippen LogP) is 3.49. The molecule has 0 aliphatic heterocycles. The average Bonchev–Trinajstić information content (AvgIpc) is 3.14. The molecule has 6 nitrogen and oxygen atoms in total. The number of nitrogens with zero attached hydrogens (tertiary/aromatic N) is 4. The van der Waals surface area contributed by atoms with Gasteiger partial charge < -0.3 is 0 Å². The second-order valence-corrected chi connectivity index (χ2v) is 7.38. The Morgan fingerprint density at radius 2 is 2.12 bits per heavy atom. The lowest BCUT2D eigenvalue weighted by Gasteiger charge is -2.13. The highest BCUT2D eigenvalue weighted by Crippen LogP contribution is 2.25. The molecular formula is C17H19N5OS. The maximum Gasteiger partial charge on any atom is 0.275 e. The number of hydrogen-bond donors (Lipinski definition) is 1. The Bertz CT molecular complexity index is 861. The normalized spacial score (nSPS) is 11.5. The molecule has 0 aromatic carbocycles. The summed E-state index contributed by atoms with van der Waals surface area (Å²) < 4.78 is 1.60. The molecule has 1 amide bonds. The van der Waals surface area contributed by atoms with Crippen LogP contribution in [0.25, 0.3) is 11.3 Å². The third-order valence-corrected chi connectivity index (χ3v) is 4.32. The predicted molar refractivity (Wildman–Crippen MR) is 95.2 cm³/mol. The molecule has 3 aromatic rings. The van der Waals surface area contributed by atoms with E-state index in [-0.39, 0.29) is 11.3 Å². The van der Waals surface area contributed by atoms with Gasteiger partial charge >= 0.3 is 0 Å². The van der Waals surface area contributed by atoms with Gasteiger partial charge in [0.05, 0.1) is 11.4 Å². The Kier molecular flexibility index (Phi) is 4.19. The van der Waals surface area contributed by atoms with Crippen LogP contribution < -0.4 is 5.32 Å². The molecule has 0 saturated heterocycles. The van der Waals surface area contributed by atoms with Crippen molar-refractivity contribution in [1.82, 2.24) is 19.7 Å². The Labute approximate surface area is 144 Å². The third-order valence-electron chi connectivity index (χ3n) is 3.56. The second-order valence-electron chi connectivity index (χ2n) is 6.52. The highest BCUT2D eigenvalue weighted by Gasteiger charge is 2.22. The summed E-state index contributed by atoms with van der Waals surface area (Å²) in [5.74, 6) is -0.215. The molecule has 0 bridgehead atoms. The molecule has 0 atom stereocenters.